The second-order valence-electron chi connectivity index (χ2n) is 5.74. The number of nitrogens with zero attached hydrogens (tertiary/aromatic N) is 1. The van der Waals surface area contributed by atoms with Gasteiger partial charge in [0.1, 0.15) is 0 Å². The predicted molar refractivity (Wildman–Crippen MR) is 98.8 cm³/mol. The molecule has 2 nitrogen and oxygen atoms in total. The summed E-state index contributed by atoms with van der Waals surface area (Å²) in [7, 11) is 0. The summed E-state index contributed by atoms with van der Waals surface area (Å²) in [6, 6.07) is 13.9. The third kappa shape index (κ3) is 4.01. The van der Waals surface area contributed by atoms with Gasteiger partial charge in [-0.05, 0) is 42.3 Å². The van der Waals surface area contributed by atoms with Crippen molar-refractivity contribution in [3.8, 4) is 0 Å². The van der Waals surface area contributed by atoms with Gasteiger partial charge in [-0.3, -0.25) is 4.90 Å². The van der Waals surface area contributed by atoms with E-state index in [-0.39, 0.29) is 6.04 Å². The smallest absolute Gasteiger partial charge is 0.0643 e. The second kappa shape index (κ2) is 7.87. The van der Waals surface area contributed by atoms with Gasteiger partial charge < -0.3 is 5.32 Å². The van der Waals surface area contributed by atoms with E-state index >= 15 is 0 Å². The van der Waals surface area contributed by atoms with Crippen molar-refractivity contribution in [2.45, 2.75) is 12.5 Å². The molecule has 1 heterocycles. The molecule has 3 rings (SSSR count). The molecule has 122 valence electrons. The van der Waals surface area contributed by atoms with Crippen LogP contribution in [0.5, 0.6) is 0 Å². The Hall–Kier alpha value is -0.770. The Labute approximate surface area is 152 Å². The first kappa shape index (κ1) is 17.1. The van der Waals surface area contributed by atoms with Gasteiger partial charge in [0.05, 0.1) is 16.1 Å². The quantitative estimate of drug-likeness (QED) is 0.816. The molecule has 0 aliphatic carbocycles. The standard InChI is InChI=1S/C18H19Cl3N2/c19-14-5-1-4-13(12-14)18(23-10-3-8-22-9-11-23)15-6-2-7-16(20)17(15)21/h1-2,4-7,12,18,22H,3,8-11H2. The molecular weight excluding hydrogens is 351 g/mol. The molecule has 1 saturated heterocycles. The van der Waals surface area contributed by atoms with Crippen LogP contribution in [0.1, 0.15) is 23.6 Å². The van der Waals surface area contributed by atoms with Gasteiger partial charge in [0.25, 0.3) is 0 Å². The molecule has 0 saturated carbocycles. The Morgan fingerprint density at radius 3 is 2.61 bits per heavy atom. The van der Waals surface area contributed by atoms with Crippen LogP contribution in [0.3, 0.4) is 0 Å². The summed E-state index contributed by atoms with van der Waals surface area (Å²) in [5.74, 6) is 0. The van der Waals surface area contributed by atoms with Gasteiger partial charge in [-0.25, -0.2) is 0 Å². The molecule has 1 atom stereocenters. The van der Waals surface area contributed by atoms with Crippen LogP contribution in [-0.4, -0.2) is 31.1 Å². The third-order valence-electron chi connectivity index (χ3n) is 4.18. The van der Waals surface area contributed by atoms with Crippen molar-refractivity contribution < 1.29 is 0 Å². The van der Waals surface area contributed by atoms with Crippen LogP contribution in [-0.2, 0) is 0 Å². The highest BCUT2D eigenvalue weighted by Crippen LogP contribution is 2.37. The van der Waals surface area contributed by atoms with Crippen LogP contribution >= 0.6 is 34.8 Å². The second-order valence-corrected chi connectivity index (χ2v) is 6.96. The molecule has 0 radical (unpaired) electrons. The maximum Gasteiger partial charge on any atom is 0.0643 e. The van der Waals surface area contributed by atoms with Crippen LogP contribution in [0.25, 0.3) is 0 Å². The molecule has 0 amide bonds. The van der Waals surface area contributed by atoms with E-state index < -0.39 is 0 Å². The first-order valence-electron chi connectivity index (χ1n) is 7.81. The van der Waals surface area contributed by atoms with Crippen LogP contribution in [0.4, 0.5) is 0 Å². The number of nitrogens with one attached hydrogen (secondary N) is 1. The molecular formula is C18H19Cl3N2. The lowest BCUT2D eigenvalue weighted by Gasteiger charge is -2.32. The van der Waals surface area contributed by atoms with Crippen molar-refractivity contribution in [1.82, 2.24) is 10.2 Å². The highest BCUT2D eigenvalue weighted by molar-refractivity contribution is 6.42. The normalized spacial score (nSPS) is 17.7. The van der Waals surface area contributed by atoms with Crippen molar-refractivity contribution in [2.24, 2.45) is 0 Å². The summed E-state index contributed by atoms with van der Waals surface area (Å²) < 4.78 is 0. The van der Waals surface area contributed by atoms with E-state index in [1.54, 1.807) is 0 Å². The van der Waals surface area contributed by atoms with Gasteiger partial charge in [0.15, 0.2) is 0 Å². The Balaban J connectivity index is 2.07. The SMILES string of the molecule is Clc1cccc(C(c2cccc(Cl)c2Cl)N2CCCNCC2)c1. The topological polar surface area (TPSA) is 15.3 Å². The molecule has 0 aromatic heterocycles. The molecule has 1 aliphatic rings. The van der Waals surface area contributed by atoms with Crippen molar-refractivity contribution >= 4 is 34.8 Å². The van der Waals surface area contributed by atoms with Crippen LogP contribution in [0, 0.1) is 0 Å². The number of hydrogen-bond acceptors (Lipinski definition) is 2. The van der Waals surface area contributed by atoms with E-state index in [9.17, 15) is 0 Å². The van der Waals surface area contributed by atoms with E-state index in [0.29, 0.717) is 10.0 Å². The Kier molecular flexibility index (Phi) is 5.84. The minimum atomic E-state index is 0.0554. The van der Waals surface area contributed by atoms with Gasteiger partial charge >= 0.3 is 0 Å². The van der Waals surface area contributed by atoms with Crippen molar-refractivity contribution in [3.63, 3.8) is 0 Å². The molecule has 2 aromatic rings. The fraction of sp³-hybridized carbons (Fsp3) is 0.333. The van der Waals surface area contributed by atoms with Gasteiger partial charge in [0.2, 0.25) is 0 Å². The molecule has 1 fully saturated rings. The fourth-order valence-electron chi connectivity index (χ4n) is 3.12. The zero-order chi connectivity index (χ0) is 16.2. The Morgan fingerprint density at radius 2 is 1.78 bits per heavy atom. The highest BCUT2D eigenvalue weighted by Gasteiger charge is 2.26. The number of halogens is 3. The Bertz CT molecular complexity index is 667. The van der Waals surface area contributed by atoms with E-state index in [1.165, 1.54) is 0 Å². The van der Waals surface area contributed by atoms with E-state index in [2.05, 4.69) is 22.3 Å². The number of benzene rings is 2. The predicted octanol–water partition coefficient (Wildman–Crippen LogP) is 5.03. The lowest BCUT2D eigenvalue weighted by molar-refractivity contribution is 0.241. The number of hydrogen-bond donors (Lipinski definition) is 1. The molecule has 1 aliphatic heterocycles. The van der Waals surface area contributed by atoms with E-state index in [4.69, 9.17) is 34.8 Å². The summed E-state index contributed by atoms with van der Waals surface area (Å²) >= 11 is 19.0. The fourth-order valence-corrected chi connectivity index (χ4v) is 3.73. The van der Waals surface area contributed by atoms with Gasteiger partial charge in [0, 0.05) is 24.7 Å². The average molecular weight is 370 g/mol. The van der Waals surface area contributed by atoms with Crippen LogP contribution in [0.15, 0.2) is 42.5 Å². The summed E-state index contributed by atoms with van der Waals surface area (Å²) in [5, 5.41) is 5.39. The summed E-state index contributed by atoms with van der Waals surface area (Å²) in [5.41, 5.74) is 2.17. The lowest BCUT2D eigenvalue weighted by Crippen LogP contribution is -2.33. The average Bonchev–Trinajstić information content (AvgIpc) is 2.81. The zero-order valence-corrected chi connectivity index (χ0v) is 15.0. The van der Waals surface area contributed by atoms with Crippen molar-refractivity contribution in [2.75, 3.05) is 26.2 Å². The van der Waals surface area contributed by atoms with Crippen LogP contribution in [0.2, 0.25) is 15.1 Å². The largest absolute Gasteiger partial charge is 0.315 e. The molecule has 1 unspecified atom stereocenters. The first-order chi connectivity index (χ1) is 11.2. The molecule has 1 N–H and O–H groups in total. The van der Waals surface area contributed by atoms with Gasteiger partial charge in [-0.1, -0.05) is 59.1 Å². The minimum absolute atomic E-state index is 0.0554. The van der Waals surface area contributed by atoms with Gasteiger partial charge in [-0.15, -0.1) is 0 Å². The number of rotatable bonds is 3. The molecule has 23 heavy (non-hydrogen) atoms. The minimum Gasteiger partial charge on any atom is -0.315 e. The maximum absolute atomic E-state index is 6.53. The van der Waals surface area contributed by atoms with E-state index in [1.807, 2.05) is 30.3 Å². The maximum atomic E-state index is 6.53. The molecule has 2 aromatic carbocycles. The summed E-state index contributed by atoms with van der Waals surface area (Å²) in [6.07, 6.45) is 1.11. The summed E-state index contributed by atoms with van der Waals surface area (Å²) in [4.78, 5) is 2.45. The summed E-state index contributed by atoms with van der Waals surface area (Å²) in [6.45, 7) is 3.98. The Morgan fingerprint density at radius 1 is 0.957 bits per heavy atom. The lowest BCUT2D eigenvalue weighted by atomic mass is 9.96. The van der Waals surface area contributed by atoms with Crippen molar-refractivity contribution in [1.29, 1.82) is 0 Å². The van der Waals surface area contributed by atoms with E-state index in [0.717, 1.165) is 48.7 Å². The van der Waals surface area contributed by atoms with Crippen molar-refractivity contribution in [3.05, 3.63) is 68.7 Å². The molecule has 5 heteroatoms. The monoisotopic (exact) mass is 368 g/mol. The highest BCUT2D eigenvalue weighted by atomic mass is 35.5. The van der Waals surface area contributed by atoms with Gasteiger partial charge in [-0.2, -0.15) is 0 Å². The zero-order valence-electron chi connectivity index (χ0n) is 12.7. The third-order valence-corrected chi connectivity index (χ3v) is 5.25. The molecule has 0 bridgehead atoms. The first-order valence-corrected chi connectivity index (χ1v) is 8.94. The van der Waals surface area contributed by atoms with Crippen LogP contribution < -0.4 is 5.32 Å². The molecule has 0 spiro atoms.